The molecule has 4 rings (SSSR count). The number of nitrogens with zero attached hydrogens (tertiary/aromatic N) is 2. The lowest BCUT2D eigenvalue weighted by atomic mass is 10.1. The average Bonchev–Trinajstić information content (AvgIpc) is 3.20. The van der Waals surface area contributed by atoms with Crippen LogP contribution in [-0.4, -0.2) is 33.9 Å². The van der Waals surface area contributed by atoms with Crippen molar-refractivity contribution in [3.05, 3.63) is 39.1 Å². The number of hydrogen-bond acceptors (Lipinski definition) is 3. The van der Waals surface area contributed by atoms with E-state index >= 15 is 0 Å². The van der Waals surface area contributed by atoms with E-state index in [1.807, 2.05) is 18.0 Å². The molecule has 1 amide bonds. The minimum Gasteiger partial charge on any atom is -0.346 e. The monoisotopic (exact) mass is 301 g/mol. The minimum absolute atomic E-state index is 0.208. The van der Waals surface area contributed by atoms with Crippen LogP contribution in [0.3, 0.4) is 0 Å². The van der Waals surface area contributed by atoms with Gasteiger partial charge in [0.2, 0.25) is 0 Å². The van der Waals surface area contributed by atoms with Crippen LogP contribution in [0, 0.1) is 6.92 Å². The number of H-pyrrole nitrogens is 1. The van der Waals surface area contributed by atoms with Crippen molar-refractivity contribution in [2.75, 3.05) is 13.1 Å². The van der Waals surface area contributed by atoms with Gasteiger partial charge < -0.3 is 9.88 Å². The number of fused-ring (bicyclic) bond motifs is 1. The quantitative estimate of drug-likeness (QED) is 0.927. The third-order valence-electron chi connectivity index (χ3n) is 4.54. The van der Waals surface area contributed by atoms with Gasteiger partial charge in [-0.25, -0.2) is 4.98 Å². The zero-order valence-corrected chi connectivity index (χ0v) is 13.0. The van der Waals surface area contributed by atoms with E-state index in [4.69, 9.17) is 0 Å². The van der Waals surface area contributed by atoms with Crippen molar-refractivity contribution in [3.63, 3.8) is 0 Å². The molecule has 0 unspecified atom stereocenters. The first-order valence-corrected chi connectivity index (χ1v) is 8.45. The molecular weight excluding hydrogens is 282 g/mol. The van der Waals surface area contributed by atoms with E-state index in [0.29, 0.717) is 5.92 Å². The molecule has 2 aromatic heterocycles. The minimum atomic E-state index is 0.208. The van der Waals surface area contributed by atoms with Crippen LogP contribution in [0.1, 0.15) is 50.4 Å². The van der Waals surface area contributed by atoms with Gasteiger partial charge in [0.25, 0.3) is 5.91 Å². The normalized spacial score (nSPS) is 21.0. The van der Waals surface area contributed by atoms with Gasteiger partial charge >= 0.3 is 0 Å². The Morgan fingerprint density at radius 1 is 1.48 bits per heavy atom. The van der Waals surface area contributed by atoms with Crippen LogP contribution in [0.25, 0.3) is 0 Å². The summed E-state index contributed by atoms with van der Waals surface area (Å²) < 4.78 is 0. The van der Waals surface area contributed by atoms with Gasteiger partial charge in [-0.05, 0) is 44.2 Å². The summed E-state index contributed by atoms with van der Waals surface area (Å²) in [7, 11) is 0. The zero-order chi connectivity index (χ0) is 14.4. The lowest BCUT2D eigenvalue weighted by Crippen LogP contribution is -2.27. The highest BCUT2D eigenvalue weighted by atomic mass is 32.1. The highest BCUT2D eigenvalue weighted by Crippen LogP contribution is 2.33. The summed E-state index contributed by atoms with van der Waals surface area (Å²) in [5, 5.41) is 0. The van der Waals surface area contributed by atoms with E-state index in [2.05, 4.69) is 16.0 Å². The summed E-state index contributed by atoms with van der Waals surface area (Å²) in [5.74, 6) is 1.59. The molecule has 1 saturated heterocycles. The van der Waals surface area contributed by atoms with Crippen LogP contribution in [0.2, 0.25) is 0 Å². The number of carbonyl (C=O) groups is 1. The molecule has 2 aromatic rings. The molecule has 4 nitrogen and oxygen atoms in total. The standard InChI is InChI=1S/C16H19N3OS/c1-10-8-17-15(18-10)12-5-6-19(9-12)16(20)14-7-11-3-2-4-13(11)21-14/h7-8,12H,2-6,9H2,1H3,(H,17,18)/t12-/m1/s1. The number of likely N-dealkylation sites (tertiary alicyclic amines) is 1. The number of aromatic nitrogens is 2. The molecule has 0 saturated carbocycles. The molecule has 0 radical (unpaired) electrons. The summed E-state index contributed by atoms with van der Waals surface area (Å²) in [5.41, 5.74) is 2.49. The molecule has 21 heavy (non-hydrogen) atoms. The second kappa shape index (κ2) is 4.98. The molecule has 1 aliphatic heterocycles. The summed E-state index contributed by atoms with van der Waals surface area (Å²) in [6.07, 6.45) is 6.42. The molecule has 1 atom stereocenters. The van der Waals surface area contributed by atoms with Crippen LogP contribution in [0.15, 0.2) is 12.3 Å². The highest BCUT2D eigenvalue weighted by Gasteiger charge is 2.31. The Morgan fingerprint density at radius 3 is 3.14 bits per heavy atom. The van der Waals surface area contributed by atoms with Crippen LogP contribution in [0.5, 0.6) is 0 Å². The summed E-state index contributed by atoms with van der Waals surface area (Å²) in [6, 6.07) is 2.12. The Hall–Kier alpha value is -1.62. The van der Waals surface area contributed by atoms with Gasteiger partial charge in [-0.2, -0.15) is 0 Å². The maximum atomic E-state index is 12.6. The van der Waals surface area contributed by atoms with Crippen LogP contribution in [-0.2, 0) is 12.8 Å². The fourth-order valence-corrected chi connectivity index (χ4v) is 4.62. The van der Waals surface area contributed by atoms with Gasteiger partial charge in [-0.15, -0.1) is 11.3 Å². The molecule has 1 N–H and O–H groups in total. The number of carbonyl (C=O) groups excluding carboxylic acids is 1. The van der Waals surface area contributed by atoms with Crippen LogP contribution in [0.4, 0.5) is 0 Å². The summed E-state index contributed by atoms with van der Waals surface area (Å²) >= 11 is 1.70. The molecule has 1 fully saturated rings. The molecule has 5 heteroatoms. The molecule has 2 aliphatic rings. The Bertz CT molecular complexity index is 666. The lowest BCUT2D eigenvalue weighted by molar-refractivity contribution is 0.0795. The number of imidazole rings is 1. The van der Waals surface area contributed by atoms with E-state index in [0.717, 1.165) is 48.7 Å². The summed E-state index contributed by atoms with van der Waals surface area (Å²) in [6.45, 7) is 3.64. The van der Waals surface area contributed by atoms with E-state index in [-0.39, 0.29) is 5.91 Å². The van der Waals surface area contributed by atoms with Gasteiger partial charge in [0.1, 0.15) is 5.82 Å². The van der Waals surface area contributed by atoms with Crippen molar-refractivity contribution in [1.82, 2.24) is 14.9 Å². The van der Waals surface area contributed by atoms with Gasteiger partial charge in [-0.1, -0.05) is 0 Å². The highest BCUT2D eigenvalue weighted by molar-refractivity contribution is 7.14. The number of hydrogen-bond donors (Lipinski definition) is 1. The third-order valence-corrected chi connectivity index (χ3v) is 5.77. The van der Waals surface area contributed by atoms with Crippen molar-refractivity contribution in [2.45, 2.75) is 38.5 Å². The van der Waals surface area contributed by atoms with Crippen molar-refractivity contribution in [2.24, 2.45) is 0 Å². The first kappa shape index (κ1) is 13.1. The smallest absolute Gasteiger partial charge is 0.263 e. The second-order valence-electron chi connectivity index (χ2n) is 6.10. The first-order chi connectivity index (χ1) is 10.2. The van der Waals surface area contributed by atoms with Crippen LogP contribution >= 0.6 is 11.3 Å². The van der Waals surface area contributed by atoms with Crippen molar-refractivity contribution in [3.8, 4) is 0 Å². The van der Waals surface area contributed by atoms with Gasteiger partial charge in [0.05, 0.1) is 4.88 Å². The number of thiophene rings is 1. The van der Waals surface area contributed by atoms with E-state index in [1.54, 1.807) is 11.3 Å². The fourth-order valence-electron chi connectivity index (χ4n) is 3.40. The molecular formula is C16H19N3OS. The Kier molecular flexibility index (Phi) is 3.10. The SMILES string of the molecule is Cc1cnc([C@@H]2CCN(C(=O)c3cc4c(s3)CCC4)C2)[nH]1. The van der Waals surface area contributed by atoms with Crippen molar-refractivity contribution >= 4 is 17.2 Å². The molecule has 0 aromatic carbocycles. The number of aryl methyl sites for hydroxylation is 3. The Labute approximate surface area is 128 Å². The second-order valence-corrected chi connectivity index (χ2v) is 7.24. The molecule has 3 heterocycles. The predicted octanol–water partition coefficient (Wildman–Crippen LogP) is 2.90. The fraction of sp³-hybridized carbons (Fsp3) is 0.500. The molecule has 1 aliphatic carbocycles. The van der Waals surface area contributed by atoms with Gasteiger partial charge in [-0.3, -0.25) is 4.79 Å². The Morgan fingerprint density at radius 2 is 2.38 bits per heavy atom. The van der Waals surface area contributed by atoms with Crippen molar-refractivity contribution < 1.29 is 4.79 Å². The number of aromatic amines is 1. The topological polar surface area (TPSA) is 49.0 Å². The third kappa shape index (κ3) is 2.29. The largest absolute Gasteiger partial charge is 0.346 e. The first-order valence-electron chi connectivity index (χ1n) is 7.63. The molecule has 0 bridgehead atoms. The van der Waals surface area contributed by atoms with Gasteiger partial charge in [0.15, 0.2) is 0 Å². The Balaban J connectivity index is 1.48. The predicted molar refractivity (Wildman–Crippen MR) is 82.9 cm³/mol. The van der Waals surface area contributed by atoms with Crippen LogP contribution < -0.4 is 0 Å². The number of nitrogens with one attached hydrogen (secondary N) is 1. The number of amides is 1. The summed E-state index contributed by atoms with van der Waals surface area (Å²) in [4.78, 5) is 24.7. The maximum absolute atomic E-state index is 12.6. The van der Waals surface area contributed by atoms with E-state index < -0.39 is 0 Å². The maximum Gasteiger partial charge on any atom is 0.263 e. The van der Waals surface area contributed by atoms with E-state index in [1.165, 1.54) is 16.9 Å². The van der Waals surface area contributed by atoms with Gasteiger partial charge in [0, 0.05) is 35.8 Å². The molecule has 0 spiro atoms. The lowest BCUT2D eigenvalue weighted by Gasteiger charge is -2.15. The zero-order valence-electron chi connectivity index (χ0n) is 12.2. The van der Waals surface area contributed by atoms with E-state index in [9.17, 15) is 4.79 Å². The molecule has 110 valence electrons. The van der Waals surface area contributed by atoms with Crippen molar-refractivity contribution in [1.29, 1.82) is 0 Å². The number of rotatable bonds is 2. The average molecular weight is 301 g/mol.